The average Bonchev–Trinajstić information content (AvgIpc) is 2.90. The molecular weight excluding hydrogens is 372 g/mol. The standard InChI is InChI=1S/C21H34N4O2S/c1-2-23-20(24-16-18-9-7-10-19(15-18)28(22,26)27)25-14-8-13-21(17-25)11-5-3-4-6-12-21/h7,9-10,15H,2-6,8,11-14,16-17H2,1H3,(H,23,24)(H2,22,26,27). The zero-order valence-electron chi connectivity index (χ0n) is 17.0. The van der Waals surface area contributed by atoms with Crippen molar-refractivity contribution in [3.63, 3.8) is 0 Å². The van der Waals surface area contributed by atoms with Crippen molar-refractivity contribution < 1.29 is 8.42 Å². The van der Waals surface area contributed by atoms with Crippen LogP contribution in [0.2, 0.25) is 0 Å². The van der Waals surface area contributed by atoms with Gasteiger partial charge < -0.3 is 10.2 Å². The van der Waals surface area contributed by atoms with E-state index in [1.54, 1.807) is 12.1 Å². The van der Waals surface area contributed by atoms with Gasteiger partial charge in [-0.1, -0.05) is 37.8 Å². The minimum absolute atomic E-state index is 0.139. The maximum atomic E-state index is 11.6. The summed E-state index contributed by atoms with van der Waals surface area (Å²) in [5.41, 5.74) is 1.29. The molecule has 1 aromatic rings. The van der Waals surface area contributed by atoms with Crippen LogP contribution in [0.1, 0.15) is 63.9 Å². The van der Waals surface area contributed by atoms with Gasteiger partial charge in [-0.05, 0) is 55.7 Å². The zero-order chi connectivity index (χ0) is 20.0. The van der Waals surface area contributed by atoms with E-state index in [-0.39, 0.29) is 4.90 Å². The Kier molecular flexibility index (Phi) is 6.99. The molecule has 0 radical (unpaired) electrons. The molecule has 28 heavy (non-hydrogen) atoms. The Hall–Kier alpha value is -1.60. The first-order valence-electron chi connectivity index (χ1n) is 10.6. The zero-order valence-corrected chi connectivity index (χ0v) is 17.8. The lowest BCUT2D eigenvalue weighted by Crippen LogP contribution is -2.50. The van der Waals surface area contributed by atoms with E-state index < -0.39 is 10.0 Å². The van der Waals surface area contributed by atoms with Gasteiger partial charge in [0.2, 0.25) is 10.0 Å². The van der Waals surface area contributed by atoms with Crippen LogP contribution in [-0.4, -0.2) is 38.9 Å². The van der Waals surface area contributed by atoms with Crippen LogP contribution < -0.4 is 10.5 Å². The molecule has 3 rings (SSSR count). The number of likely N-dealkylation sites (tertiary alicyclic amines) is 1. The number of primary sulfonamides is 1. The van der Waals surface area contributed by atoms with Gasteiger partial charge >= 0.3 is 0 Å². The Labute approximate surface area is 169 Å². The van der Waals surface area contributed by atoms with Crippen molar-refractivity contribution in [2.45, 2.75) is 69.7 Å². The van der Waals surface area contributed by atoms with Gasteiger partial charge in [0.25, 0.3) is 0 Å². The topological polar surface area (TPSA) is 87.8 Å². The van der Waals surface area contributed by atoms with Crippen LogP contribution in [0, 0.1) is 5.41 Å². The SMILES string of the molecule is CCNC(=NCc1cccc(S(N)(=O)=O)c1)N1CCCC2(CCCCCC2)C1. The third kappa shape index (κ3) is 5.47. The van der Waals surface area contributed by atoms with Crippen molar-refractivity contribution in [3.8, 4) is 0 Å². The number of rotatable bonds is 4. The Morgan fingerprint density at radius 1 is 1.18 bits per heavy atom. The normalized spacial score (nSPS) is 20.8. The molecule has 0 unspecified atom stereocenters. The fourth-order valence-electron chi connectivity index (χ4n) is 4.69. The molecule has 0 amide bonds. The van der Waals surface area contributed by atoms with Gasteiger partial charge in [0, 0.05) is 19.6 Å². The van der Waals surface area contributed by atoms with Crippen molar-refractivity contribution >= 4 is 16.0 Å². The quantitative estimate of drug-likeness (QED) is 0.593. The van der Waals surface area contributed by atoms with E-state index >= 15 is 0 Å². The molecule has 2 aliphatic rings. The summed E-state index contributed by atoms with van der Waals surface area (Å²) in [7, 11) is -3.69. The molecule has 6 nitrogen and oxygen atoms in total. The molecule has 0 atom stereocenters. The van der Waals surface area contributed by atoms with Crippen molar-refractivity contribution in [2.75, 3.05) is 19.6 Å². The summed E-state index contributed by atoms with van der Waals surface area (Å²) >= 11 is 0. The van der Waals surface area contributed by atoms with Gasteiger partial charge in [0.15, 0.2) is 5.96 Å². The number of piperidine rings is 1. The molecule has 1 spiro atoms. The highest BCUT2D eigenvalue weighted by molar-refractivity contribution is 7.89. The second-order valence-corrected chi connectivity index (χ2v) is 9.86. The van der Waals surface area contributed by atoms with Crippen LogP contribution in [0.15, 0.2) is 34.2 Å². The number of aliphatic imine (C=N–C) groups is 1. The van der Waals surface area contributed by atoms with Crippen molar-refractivity contribution in [3.05, 3.63) is 29.8 Å². The number of nitrogens with one attached hydrogen (secondary N) is 1. The first-order valence-corrected chi connectivity index (χ1v) is 12.1. The van der Waals surface area contributed by atoms with Crippen LogP contribution in [-0.2, 0) is 16.6 Å². The lowest BCUT2D eigenvalue weighted by Gasteiger charge is -2.44. The number of guanidine groups is 1. The molecule has 1 aromatic carbocycles. The maximum Gasteiger partial charge on any atom is 0.238 e. The maximum absolute atomic E-state index is 11.6. The first-order chi connectivity index (χ1) is 13.4. The van der Waals surface area contributed by atoms with Gasteiger partial charge in [-0.15, -0.1) is 0 Å². The fraction of sp³-hybridized carbons (Fsp3) is 0.667. The number of nitrogens with two attached hydrogens (primary N) is 1. The van der Waals surface area contributed by atoms with E-state index in [1.807, 2.05) is 6.07 Å². The Morgan fingerprint density at radius 3 is 2.57 bits per heavy atom. The molecule has 3 N–H and O–H groups in total. The second kappa shape index (κ2) is 9.27. The predicted octanol–water partition coefficient (Wildman–Crippen LogP) is 3.24. The monoisotopic (exact) mass is 406 g/mol. The Balaban J connectivity index is 1.75. The van der Waals surface area contributed by atoms with Crippen LogP contribution in [0.4, 0.5) is 0 Å². The van der Waals surface area contributed by atoms with Crippen molar-refractivity contribution in [1.29, 1.82) is 0 Å². The van der Waals surface area contributed by atoms with E-state index in [0.717, 1.165) is 31.2 Å². The molecule has 1 heterocycles. The average molecular weight is 407 g/mol. The number of hydrogen-bond acceptors (Lipinski definition) is 3. The van der Waals surface area contributed by atoms with Crippen LogP contribution in [0.3, 0.4) is 0 Å². The number of sulfonamides is 1. The van der Waals surface area contributed by atoms with Crippen molar-refractivity contribution in [2.24, 2.45) is 15.5 Å². The van der Waals surface area contributed by atoms with Gasteiger partial charge in [-0.2, -0.15) is 0 Å². The van der Waals surface area contributed by atoms with Gasteiger partial charge in [-0.3, -0.25) is 0 Å². The molecule has 0 aromatic heterocycles. The lowest BCUT2D eigenvalue weighted by atomic mass is 9.74. The van der Waals surface area contributed by atoms with Crippen LogP contribution >= 0.6 is 0 Å². The van der Waals surface area contributed by atoms with Gasteiger partial charge in [-0.25, -0.2) is 18.5 Å². The molecule has 1 saturated heterocycles. The number of benzene rings is 1. The third-order valence-electron chi connectivity index (χ3n) is 6.10. The number of hydrogen-bond donors (Lipinski definition) is 2. The molecular formula is C21H34N4O2S. The van der Waals surface area contributed by atoms with Crippen LogP contribution in [0.25, 0.3) is 0 Å². The minimum atomic E-state index is -3.69. The molecule has 1 saturated carbocycles. The van der Waals surface area contributed by atoms with E-state index in [4.69, 9.17) is 10.1 Å². The van der Waals surface area contributed by atoms with E-state index in [1.165, 1.54) is 57.4 Å². The Morgan fingerprint density at radius 2 is 1.89 bits per heavy atom. The first kappa shape index (κ1) is 21.1. The van der Waals surface area contributed by atoms with Gasteiger partial charge in [0.1, 0.15) is 0 Å². The second-order valence-electron chi connectivity index (χ2n) is 8.30. The van der Waals surface area contributed by atoms with Crippen molar-refractivity contribution in [1.82, 2.24) is 10.2 Å². The summed E-state index contributed by atoms with van der Waals surface area (Å²) in [6.45, 7) is 5.46. The summed E-state index contributed by atoms with van der Waals surface area (Å²) in [6.07, 6.45) is 10.7. The highest BCUT2D eigenvalue weighted by Gasteiger charge is 2.36. The number of nitrogens with zero attached hydrogens (tertiary/aromatic N) is 2. The molecule has 0 bridgehead atoms. The largest absolute Gasteiger partial charge is 0.357 e. The molecule has 7 heteroatoms. The third-order valence-corrected chi connectivity index (χ3v) is 7.01. The molecule has 156 valence electrons. The van der Waals surface area contributed by atoms with E-state index in [2.05, 4.69) is 17.1 Å². The van der Waals surface area contributed by atoms with Gasteiger partial charge in [0.05, 0.1) is 11.4 Å². The highest BCUT2D eigenvalue weighted by Crippen LogP contribution is 2.42. The summed E-state index contributed by atoms with van der Waals surface area (Å²) in [5.74, 6) is 0.937. The highest BCUT2D eigenvalue weighted by atomic mass is 32.2. The lowest BCUT2D eigenvalue weighted by molar-refractivity contribution is 0.115. The van der Waals surface area contributed by atoms with E-state index in [0.29, 0.717) is 12.0 Å². The predicted molar refractivity (Wildman–Crippen MR) is 114 cm³/mol. The summed E-state index contributed by atoms with van der Waals surface area (Å²) in [6, 6.07) is 6.75. The molecule has 2 fully saturated rings. The summed E-state index contributed by atoms with van der Waals surface area (Å²) in [5, 5.41) is 8.69. The summed E-state index contributed by atoms with van der Waals surface area (Å²) < 4.78 is 23.2. The Bertz CT molecular complexity index is 783. The fourth-order valence-corrected chi connectivity index (χ4v) is 5.27. The summed E-state index contributed by atoms with van der Waals surface area (Å²) in [4.78, 5) is 7.39. The van der Waals surface area contributed by atoms with E-state index in [9.17, 15) is 8.42 Å². The smallest absolute Gasteiger partial charge is 0.238 e. The molecule has 1 aliphatic heterocycles. The molecule has 1 aliphatic carbocycles. The van der Waals surface area contributed by atoms with Crippen LogP contribution in [0.5, 0.6) is 0 Å². The minimum Gasteiger partial charge on any atom is -0.357 e.